The molecule has 0 aliphatic heterocycles. The number of fused-ring (bicyclic) bond motifs is 1. The molecule has 0 aliphatic rings. The van der Waals surface area contributed by atoms with Gasteiger partial charge in [0.25, 0.3) is 0 Å². The van der Waals surface area contributed by atoms with Gasteiger partial charge in [-0.1, -0.05) is 0 Å². The lowest BCUT2D eigenvalue weighted by molar-refractivity contribution is 0.382. The first-order valence-electron chi connectivity index (χ1n) is 3.32. The highest BCUT2D eigenvalue weighted by Gasteiger charge is 2.05. The maximum absolute atomic E-state index is 5.59. The van der Waals surface area contributed by atoms with Crippen LogP contribution in [0.3, 0.4) is 0 Å². The van der Waals surface area contributed by atoms with Crippen molar-refractivity contribution in [3.05, 3.63) is 6.20 Å². The van der Waals surface area contributed by atoms with Gasteiger partial charge in [-0.15, -0.1) is 0 Å². The number of H-pyrrole nitrogens is 1. The normalized spacial score (nSPS) is 10.4. The average molecular weight is 165 g/mol. The predicted molar refractivity (Wildman–Crippen MR) is 42.6 cm³/mol. The molecule has 0 spiro atoms. The fourth-order valence-corrected chi connectivity index (χ4v) is 0.927. The van der Waals surface area contributed by atoms with E-state index in [-0.39, 0.29) is 6.01 Å². The van der Waals surface area contributed by atoms with Crippen LogP contribution < -0.4 is 10.5 Å². The lowest BCUT2D eigenvalue weighted by atomic mass is 10.4. The summed E-state index contributed by atoms with van der Waals surface area (Å²) in [6.45, 7) is 0. The van der Waals surface area contributed by atoms with E-state index in [1.165, 1.54) is 7.11 Å². The third kappa shape index (κ3) is 0.849. The van der Waals surface area contributed by atoms with Gasteiger partial charge in [0.1, 0.15) is 5.82 Å². The van der Waals surface area contributed by atoms with Gasteiger partial charge >= 0.3 is 6.01 Å². The number of aromatic amines is 1. The summed E-state index contributed by atoms with van der Waals surface area (Å²) in [5.74, 6) is 0.366. The fourth-order valence-electron chi connectivity index (χ4n) is 0.927. The van der Waals surface area contributed by atoms with Crippen LogP contribution in [0.25, 0.3) is 11.0 Å². The number of nitrogens with zero attached hydrogens (tertiary/aromatic N) is 3. The Balaban J connectivity index is 2.75. The third-order valence-electron chi connectivity index (χ3n) is 1.50. The van der Waals surface area contributed by atoms with Crippen LogP contribution in [0.4, 0.5) is 5.82 Å². The molecule has 0 amide bonds. The molecular weight excluding hydrogens is 158 g/mol. The van der Waals surface area contributed by atoms with Gasteiger partial charge in [-0.25, -0.2) is 0 Å². The molecule has 0 atom stereocenters. The number of nitrogens with one attached hydrogen (secondary N) is 1. The molecule has 12 heavy (non-hydrogen) atoms. The zero-order chi connectivity index (χ0) is 8.55. The monoisotopic (exact) mass is 165 g/mol. The second-order valence-electron chi connectivity index (χ2n) is 2.23. The van der Waals surface area contributed by atoms with Crippen LogP contribution in [0, 0.1) is 0 Å². The average Bonchev–Trinajstić information content (AvgIpc) is 2.52. The van der Waals surface area contributed by atoms with Gasteiger partial charge in [-0.2, -0.15) is 15.1 Å². The van der Waals surface area contributed by atoms with E-state index in [9.17, 15) is 0 Å². The molecule has 0 bridgehead atoms. The third-order valence-corrected chi connectivity index (χ3v) is 1.50. The van der Waals surface area contributed by atoms with Crippen LogP contribution in [0.15, 0.2) is 6.20 Å². The highest BCUT2D eigenvalue weighted by Crippen LogP contribution is 2.16. The van der Waals surface area contributed by atoms with Gasteiger partial charge in [0.15, 0.2) is 5.65 Å². The van der Waals surface area contributed by atoms with E-state index in [0.717, 1.165) is 0 Å². The van der Waals surface area contributed by atoms with Crippen molar-refractivity contribution in [2.45, 2.75) is 0 Å². The Labute approximate surface area is 67.8 Å². The Bertz CT molecular complexity index is 409. The highest BCUT2D eigenvalue weighted by atomic mass is 16.5. The summed E-state index contributed by atoms with van der Waals surface area (Å²) in [7, 11) is 1.48. The van der Waals surface area contributed by atoms with Gasteiger partial charge in [0, 0.05) is 0 Å². The molecule has 2 aromatic rings. The van der Waals surface area contributed by atoms with Crippen molar-refractivity contribution in [1.29, 1.82) is 0 Å². The maximum atomic E-state index is 5.59. The van der Waals surface area contributed by atoms with Crippen LogP contribution >= 0.6 is 0 Å². The molecule has 0 radical (unpaired) electrons. The van der Waals surface area contributed by atoms with Gasteiger partial charge < -0.3 is 10.5 Å². The minimum atomic E-state index is 0.240. The van der Waals surface area contributed by atoms with E-state index in [4.69, 9.17) is 10.5 Å². The van der Waals surface area contributed by atoms with E-state index in [0.29, 0.717) is 16.9 Å². The summed E-state index contributed by atoms with van der Waals surface area (Å²) in [6, 6.07) is 0.240. The molecule has 2 rings (SSSR count). The first-order chi connectivity index (χ1) is 5.81. The van der Waals surface area contributed by atoms with Gasteiger partial charge in [0.2, 0.25) is 0 Å². The van der Waals surface area contributed by atoms with Crippen LogP contribution in [0.1, 0.15) is 0 Å². The standard InChI is InChI=1S/C6H7N5O/c1-12-6-9-4(7)3-2-8-11-5(3)10-6/h2H,1H3,(H3,7,8,9,10,11). The molecule has 2 aromatic heterocycles. The van der Waals surface area contributed by atoms with Gasteiger partial charge in [-0.05, 0) is 0 Å². The number of hydrogen-bond donors (Lipinski definition) is 2. The van der Waals surface area contributed by atoms with Crippen molar-refractivity contribution in [1.82, 2.24) is 20.2 Å². The lowest BCUT2D eigenvalue weighted by Crippen LogP contribution is -1.97. The number of rotatable bonds is 1. The SMILES string of the molecule is COc1nc(N)c2cn[nH]c2n1. The summed E-state index contributed by atoms with van der Waals surface area (Å²) >= 11 is 0. The van der Waals surface area contributed by atoms with Crippen LogP contribution in [-0.2, 0) is 0 Å². The van der Waals surface area contributed by atoms with E-state index in [1.807, 2.05) is 0 Å². The van der Waals surface area contributed by atoms with E-state index in [2.05, 4.69) is 20.2 Å². The number of methoxy groups -OCH3 is 1. The molecule has 0 unspecified atom stereocenters. The fraction of sp³-hybridized carbons (Fsp3) is 0.167. The summed E-state index contributed by atoms with van der Waals surface area (Å²) in [4.78, 5) is 7.86. The number of nitrogen functional groups attached to an aromatic ring is 1. The molecular formula is C6H7N5O. The molecule has 3 N–H and O–H groups in total. The molecule has 6 nitrogen and oxygen atoms in total. The molecule has 2 heterocycles. The Morgan fingerprint density at radius 3 is 3.08 bits per heavy atom. The van der Waals surface area contributed by atoms with Crippen molar-refractivity contribution >= 4 is 16.9 Å². The van der Waals surface area contributed by atoms with Crippen LogP contribution in [0.2, 0.25) is 0 Å². The van der Waals surface area contributed by atoms with E-state index < -0.39 is 0 Å². The Kier molecular flexibility index (Phi) is 1.33. The predicted octanol–water partition coefficient (Wildman–Crippen LogP) is -0.0563. The van der Waals surface area contributed by atoms with E-state index in [1.54, 1.807) is 6.20 Å². The van der Waals surface area contributed by atoms with Crippen molar-refractivity contribution < 1.29 is 4.74 Å². The molecule has 0 saturated heterocycles. The minimum Gasteiger partial charge on any atom is -0.467 e. The molecule has 62 valence electrons. The second kappa shape index (κ2) is 2.33. The number of anilines is 1. The number of hydrogen-bond acceptors (Lipinski definition) is 5. The van der Waals surface area contributed by atoms with Crippen LogP contribution in [0.5, 0.6) is 6.01 Å². The molecule has 0 aliphatic carbocycles. The summed E-state index contributed by atoms with van der Waals surface area (Å²) in [5.41, 5.74) is 6.17. The summed E-state index contributed by atoms with van der Waals surface area (Å²) in [5, 5.41) is 7.15. The summed E-state index contributed by atoms with van der Waals surface area (Å²) < 4.78 is 4.82. The van der Waals surface area contributed by atoms with Crippen molar-refractivity contribution in [3.63, 3.8) is 0 Å². The first kappa shape index (κ1) is 6.84. The van der Waals surface area contributed by atoms with Crippen LogP contribution in [-0.4, -0.2) is 27.3 Å². The number of aromatic nitrogens is 4. The number of nitrogens with two attached hydrogens (primary N) is 1. The number of ether oxygens (including phenoxy) is 1. The molecule has 0 fully saturated rings. The quantitative estimate of drug-likeness (QED) is 0.618. The second-order valence-corrected chi connectivity index (χ2v) is 2.23. The van der Waals surface area contributed by atoms with Crippen molar-refractivity contribution in [2.75, 3.05) is 12.8 Å². The van der Waals surface area contributed by atoms with Gasteiger partial charge in [-0.3, -0.25) is 5.10 Å². The Morgan fingerprint density at radius 2 is 2.33 bits per heavy atom. The molecule has 0 saturated carbocycles. The lowest BCUT2D eigenvalue weighted by Gasteiger charge is -1.98. The molecule has 6 heteroatoms. The highest BCUT2D eigenvalue weighted by molar-refractivity contribution is 5.84. The van der Waals surface area contributed by atoms with E-state index >= 15 is 0 Å². The smallest absolute Gasteiger partial charge is 0.320 e. The zero-order valence-corrected chi connectivity index (χ0v) is 6.40. The van der Waals surface area contributed by atoms with Crippen molar-refractivity contribution in [3.8, 4) is 6.01 Å². The largest absolute Gasteiger partial charge is 0.467 e. The maximum Gasteiger partial charge on any atom is 0.320 e. The van der Waals surface area contributed by atoms with Gasteiger partial charge in [0.05, 0.1) is 18.7 Å². The molecule has 0 aromatic carbocycles. The minimum absolute atomic E-state index is 0.240. The van der Waals surface area contributed by atoms with Crippen molar-refractivity contribution in [2.24, 2.45) is 0 Å². The zero-order valence-electron chi connectivity index (χ0n) is 6.40. The Morgan fingerprint density at radius 1 is 1.50 bits per heavy atom. The topological polar surface area (TPSA) is 89.7 Å². The Hall–Kier alpha value is -1.85. The first-order valence-corrected chi connectivity index (χ1v) is 3.32. The summed E-state index contributed by atoms with van der Waals surface area (Å²) in [6.07, 6.45) is 1.57.